The van der Waals surface area contributed by atoms with Crippen LogP contribution in [0.1, 0.15) is 11.8 Å². The van der Waals surface area contributed by atoms with Crippen LogP contribution in [-0.2, 0) is 0 Å². The molecular weight excluding hydrogens is 324 g/mol. The van der Waals surface area contributed by atoms with E-state index in [1.165, 1.54) is 11.8 Å². The zero-order chi connectivity index (χ0) is 16.7. The molecule has 5 nitrogen and oxygen atoms in total. The van der Waals surface area contributed by atoms with Gasteiger partial charge in [0, 0.05) is 17.0 Å². The molecule has 3 aromatic rings. The average molecular weight is 340 g/mol. The minimum absolute atomic E-state index is 0.614. The van der Waals surface area contributed by atoms with Gasteiger partial charge in [-0.2, -0.15) is 0 Å². The minimum Gasteiger partial charge on any atom is -0.493 e. The maximum Gasteiger partial charge on any atom is 0.176 e. The average Bonchev–Trinajstić information content (AvgIpc) is 2.98. The third-order valence-corrected chi connectivity index (χ3v) is 5.05. The van der Waals surface area contributed by atoms with Crippen molar-refractivity contribution in [3.8, 4) is 11.5 Å². The standard InChI is InChI=1S/C18H16N2O3S/c1-22-14-8-12-13(9-15(14)23-2)20-17(21)10-16(24-18(20)19-12)11-6-4-3-5-7-11/h3-10,17,21H,1-2H3/t17-/m0/s1. The van der Waals surface area contributed by atoms with Crippen molar-refractivity contribution in [1.82, 2.24) is 9.55 Å². The molecule has 0 aliphatic carbocycles. The Labute approximate surface area is 143 Å². The Bertz CT molecular complexity index is 934. The van der Waals surface area contributed by atoms with Gasteiger partial charge in [0.1, 0.15) is 0 Å². The fourth-order valence-electron chi connectivity index (χ4n) is 2.83. The van der Waals surface area contributed by atoms with Crippen LogP contribution < -0.4 is 9.47 Å². The van der Waals surface area contributed by atoms with Crippen LogP contribution in [0.4, 0.5) is 0 Å². The first-order valence-corrected chi connectivity index (χ1v) is 8.30. The van der Waals surface area contributed by atoms with Crippen LogP contribution in [0, 0.1) is 0 Å². The monoisotopic (exact) mass is 340 g/mol. The molecule has 0 spiro atoms. The van der Waals surface area contributed by atoms with Crippen molar-refractivity contribution in [3.05, 3.63) is 54.1 Å². The second kappa shape index (κ2) is 5.89. The molecule has 0 radical (unpaired) electrons. The largest absolute Gasteiger partial charge is 0.493 e. The van der Waals surface area contributed by atoms with E-state index in [9.17, 15) is 5.11 Å². The molecule has 4 rings (SSSR count). The summed E-state index contributed by atoms with van der Waals surface area (Å²) in [7, 11) is 3.19. The molecule has 0 bridgehead atoms. The molecule has 1 N–H and O–H groups in total. The molecule has 1 atom stereocenters. The summed E-state index contributed by atoms with van der Waals surface area (Å²) in [6.45, 7) is 0. The molecule has 0 saturated carbocycles. The molecule has 1 aliphatic heterocycles. The quantitative estimate of drug-likeness (QED) is 0.788. The van der Waals surface area contributed by atoms with Crippen LogP contribution in [0.25, 0.3) is 15.9 Å². The summed E-state index contributed by atoms with van der Waals surface area (Å²) in [6, 6.07) is 13.7. The minimum atomic E-state index is -0.778. The van der Waals surface area contributed by atoms with E-state index < -0.39 is 6.23 Å². The topological polar surface area (TPSA) is 56.5 Å². The fourth-order valence-corrected chi connectivity index (χ4v) is 3.92. The predicted octanol–water partition coefficient (Wildman–Crippen LogP) is 3.69. The van der Waals surface area contributed by atoms with Crippen molar-refractivity contribution in [2.75, 3.05) is 14.2 Å². The number of benzene rings is 2. The molecule has 24 heavy (non-hydrogen) atoms. The van der Waals surface area contributed by atoms with Gasteiger partial charge in [-0.1, -0.05) is 42.1 Å². The summed E-state index contributed by atoms with van der Waals surface area (Å²) >= 11 is 1.54. The van der Waals surface area contributed by atoms with Gasteiger partial charge in [0.05, 0.1) is 25.3 Å². The van der Waals surface area contributed by atoms with Crippen LogP contribution >= 0.6 is 11.8 Å². The number of hydrogen-bond acceptors (Lipinski definition) is 5. The Morgan fingerprint density at radius 2 is 1.79 bits per heavy atom. The van der Waals surface area contributed by atoms with Gasteiger partial charge in [-0.25, -0.2) is 4.98 Å². The van der Waals surface area contributed by atoms with Crippen LogP contribution in [0.15, 0.2) is 53.7 Å². The Hall–Kier alpha value is -2.44. The van der Waals surface area contributed by atoms with Crippen LogP contribution in [-0.4, -0.2) is 28.9 Å². The summed E-state index contributed by atoms with van der Waals surface area (Å²) in [5.74, 6) is 1.24. The lowest BCUT2D eigenvalue weighted by Crippen LogP contribution is -2.10. The number of thioether (sulfide) groups is 1. The number of imidazole rings is 1. The van der Waals surface area contributed by atoms with Crippen LogP contribution in [0.3, 0.4) is 0 Å². The molecule has 0 fully saturated rings. The van der Waals surface area contributed by atoms with E-state index in [4.69, 9.17) is 9.47 Å². The Balaban J connectivity index is 1.84. The number of rotatable bonds is 3. The first-order chi connectivity index (χ1) is 11.7. The van der Waals surface area contributed by atoms with Crippen molar-refractivity contribution >= 4 is 27.7 Å². The van der Waals surface area contributed by atoms with E-state index in [-0.39, 0.29) is 0 Å². The van der Waals surface area contributed by atoms with Gasteiger partial charge in [0.2, 0.25) is 0 Å². The molecule has 122 valence electrons. The van der Waals surface area contributed by atoms with E-state index >= 15 is 0 Å². The van der Waals surface area contributed by atoms with Crippen molar-refractivity contribution in [3.63, 3.8) is 0 Å². The molecule has 0 amide bonds. The number of ether oxygens (including phenoxy) is 2. The van der Waals surface area contributed by atoms with Crippen LogP contribution in [0.2, 0.25) is 0 Å². The number of hydrogen-bond donors (Lipinski definition) is 1. The normalized spacial score (nSPS) is 16.6. The lowest BCUT2D eigenvalue weighted by molar-refractivity contribution is 0.149. The smallest absolute Gasteiger partial charge is 0.176 e. The molecule has 2 aromatic carbocycles. The van der Waals surface area contributed by atoms with Crippen molar-refractivity contribution in [1.29, 1.82) is 0 Å². The van der Waals surface area contributed by atoms with Gasteiger partial charge < -0.3 is 14.6 Å². The first-order valence-electron chi connectivity index (χ1n) is 7.48. The number of aromatic nitrogens is 2. The number of methoxy groups -OCH3 is 2. The van der Waals surface area contributed by atoms with E-state index in [1.54, 1.807) is 18.8 Å². The number of nitrogens with zero attached hydrogens (tertiary/aromatic N) is 2. The van der Waals surface area contributed by atoms with E-state index in [0.29, 0.717) is 11.5 Å². The highest BCUT2D eigenvalue weighted by atomic mass is 32.2. The van der Waals surface area contributed by atoms with E-state index in [1.807, 2.05) is 48.5 Å². The number of fused-ring (bicyclic) bond motifs is 3. The Morgan fingerprint density at radius 3 is 2.50 bits per heavy atom. The van der Waals surface area contributed by atoms with Crippen molar-refractivity contribution in [2.45, 2.75) is 11.4 Å². The highest BCUT2D eigenvalue weighted by Gasteiger charge is 2.24. The van der Waals surface area contributed by atoms with Crippen molar-refractivity contribution < 1.29 is 14.6 Å². The van der Waals surface area contributed by atoms with E-state index in [0.717, 1.165) is 26.7 Å². The predicted molar refractivity (Wildman–Crippen MR) is 94.4 cm³/mol. The van der Waals surface area contributed by atoms with Gasteiger partial charge in [-0.15, -0.1) is 0 Å². The number of aliphatic hydroxyl groups is 1. The van der Waals surface area contributed by atoms with Gasteiger partial charge in [-0.3, -0.25) is 4.57 Å². The van der Waals surface area contributed by atoms with E-state index in [2.05, 4.69) is 4.98 Å². The van der Waals surface area contributed by atoms with Gasteiger partial charge in [-0.05, 0) is 11.6 Å². The van der Waals surface area contributed by atoms with Crippen LogP contribution in [0.5, 0.6) is 11.5 Å². The summed E-state index contributed by atoms with van der Waals surface area (Å²) in [5.41, 5.74) is 2.64. The highest BCUT2D eigenvalue weighted by molar-refractivity contribution is 8.08. The second-order valence-corrected chi connectivity index (χ2v) is 6.38. The summed E-state index contributed by atoms with van der Waals surface area (Å²) in [6.07, 6.45) is 1.06. The summed E-state index contributed by atoms with van der Waals surface area (Å²) < 4.78 is 12.5. The molecule has 0 unspecified atom stereocenters. The second-order valence-electron chi connectivity index (χ2n) is 5.37. The molecule has 1 aromatic heterocycles. The maximum atomic E-state index is 10.6. The van der Waals surface area contributed by atoms with Gasteiger partial charge in [0.15, 0.2) is 22.9 Å². The van der Waals surface area contributed by atoms with Gasteiger partial charge in [0.25, 0.3) is 0 Å². The molecule has 2 heterocycles. The third-order valence-electron chi connectivity index (χ3n) is 3.99. The lowest BCUT2D eigenvalue weighted by atomic mass is 10.2. The molecule has 6 heteroatoms. The number of aliphatic hydroxyl groups excluding tert-OH is 1. The summed E-state index contributed by atoms with van der Waals surface area (Å²) in [5, 5.41) is 11.4. The molecule has 0 saturated heterocycles. The zero-order valence-electron chi connectivity index (χ0n) is 13.3. The highest BCUT2D eigenvalue weighted by Crippen LogP contribution is 2.43. The fraction of sp³-hybridized carbons (Fsp3) is 0.167. The SMILES string of the molecule is COc1cc2nc3n(c2cc1OC)[C@@H](O)C=C(c1ccccc1)S3. The maximum absolute atomic E-state index is 10.6. The molecular formula is C18H16N2O3S. The Morgan fingerprint density at radius 1 is 1.08 bits per heavy atom. The zero-order valence-corrected chi connectivity index (χ0v) is 14.1. The lowest BCUT2D eigenvalue weighted by Gasteiger charge is -2.20. The molecule has 1 aliphatic rings. The summed E-state index contributed by atoms with van der Waals surface area (Å²) in [4.78, 5) is 5.64. The van der Waals surface area contributed by atoms with Gasteiger partial charge >= 0.3 is 0 Å². The van der Waals surface area contributed by atoms with Crippen molar-refractivity contribution in [2.24, 2.45) is 0 Å². The third kappa shape index (κ3) is 2.35. The Kier molecular flexibility index (Phi) is 3.70. The first kappa shape index (κ1) is 15.1.